The largest absolute Gasteiger partial charge is 0.389 e. The Labute approximate surface area is 142 Å². The highest BCUT2D eigenvalue weighted by atomic mass is 16.7. The van der Waals surface area contributed by atoms with Crippen LogP contribution in [0, 0.1) is 0 Å². The van der Waals surface area contributed by atoms with Gasteiger partial charge in [-0.05, 0) is 26.8 Å². The zero-order valence-electron chi connectivity index (χ0n) is 14.5. The number of aliphatic hydroxyl groups is 2. The van der Waals surface area contributed by atoms with Gasteiger partial charge in [-0.3, -0.25) is 0 Å². The first-order valence-corrected chi connectivity index (χ1v) is 8.45. The van der Waals surface area contributed by atoms with Crippen molar-refractivity contribution >= 4 is 0 Å². The molecule has 9 nitrogen and oxygen atoms in total. The molecule has 9 N–H and O–H groups in total. The molecule has 1 aliphatic heterocycles. The lowest BCUT2D eigenvalue weighted by atomic mass is 9.81. The number of nitrogens with two attached hydrogens (primary N) is 3. The van der Waals surface area contributed by atoms with E-state index in [9.17, 15) is 10.2 Å². The topological polar surface area (TPSA) is 158 Å². The van der Waals surface area contributed by atoms with E-state index in [-0.39, 0.29) is 18.2 Å². The number of methoxy groups -OCH3 is 1. The van der Waals surface area contributed by atoms with E-state index in [2.05, 4.69) is 5.32 Å². The Morgan fingerprint density at radius 2 is 1.83 bits per heavy atom. The van der Waals surface area contributed by atoms with Crippen LogP contribution in [0.3, 0.4) is 0 Å². The smallest absolute Gasteiger partial charge is 0.173 e. The van der Waals surface area contributed by atoms with Crippen molar-refractivity contribution in [3.05, 3.63) is 0 Å². The Morgan fingerprint density at radius 3 is 2.38 bits per heavy atom. The molecular formula is C15H32N4O5. The second-order valence-electron chi connectivity index (χ2n) is 6.82. The van der Waals surface area contributed by atoms with Crippen molar-refractivity contribution in [1.82, 2.24) is 5.32 Å². The number of hydrogen-bond donors (Lipinski definition) is 6. The third-order valence-corrected chi connectivity index (χ3v) is 5.10. The molecule has 0 unspecified atom stereocenters. The molecule has 0 bridgehead atoms. The molecule has 2 aliphatic rings. The van der Waals surface area contributed by atoms with E-state index in [0.717, 1.165) is 6.42 Å². The van der Waals surface area contributed by atoms with E-state index in [1.165, 1.54) is 7.11 Å². The minimum atomic E-state index is -0.995. The van der Waals surface area contributed by atoms with Crippen LogP contribution in [0.15, 0.2) is 0 Å². The van der Waals surface area contributed by atoms with Crippen molar-refractivity contribution in [1.29, 1.82) is 0 Å². The average molecular weight is 348 g/mol. The second-order valence-corrected chi connectivity index (χ2v) is 6.82. The van der Waals surface area contributed by atoms with E-state index < -0.39 is 42.8 Å². The van der Waals surface area contributed by atoms with Crippen molar-refractivity contribution in [2.24, 2.45) is 17.2 Å². The molecule has 0 aromatic heterocycles. The van der Waals surface area contributed by atoms with Gasteiger partial charge in [0.2, 0.25) is 0 Å². The molecule has 0 aromatic carbocycles. The maximum absolute atomic E-state index is 10.6. The van der Waals surface area contributed by atoms with Gasteiger partial charge in [0.1, 0.15) is 12.2 Å². The van der Waals surface area contributed by atoms with Crippen molar-refractivity contribution in [3.63, 3.8) is 0 Å². The van der Waals surface area contributed by atoms with Crippen LogP contribution in [-0.2, 0) is 14.2 Å². The molecular weight excluding hydrogens is 316 g/mol. The van der Waals surface area contributed by atoms with Crippen molar-refractivity contribution < 1.29 is 24.4 Å². The first-order valence-electron chi connectivity index (χ1n) is 8.45. The van der Waals surface area contributed by atoms with Crippen LogP contribution in [-0.4, -0.2) is 85.3 Å². The van der Waals surface area contributed by atoms with Crippen LogP contribution >= 0.6 is 0 Å². The van der Waals surface area contributed by atoms with Crippen molar-refractivity contribution in [2.45, 2.75) is 80.7 Å². The van der Waals surface area contributed by atoms with Crippen molar-refractivity contribution in [2.75, 3.05) is 14.2 Å². The summed E-state index contributed by atoms with van der Waals surface area (Å²) in [5.74, 6) is 0. The molecule has 142 valence electrons. The van der Waals surface area contributed by atoms with E-state index in [4.69, 9.17) is 31.4 Å². The van der Waals surface area contributed by atoms with Gasteiger partial charge >= 0.3 is 0 Å². The number of aliphatic hydroxyl groups excluding tert-OH is 2. The molecule has 0 radical (unpaired) electrons. The maximum atomic E-state index is 10.6. The molecule has 9 heteroatoms. The minimum Gasteiger partial charge on any atom is -0.389 e. The van der Waals surface area contributed by atoms with Gasteiger partial charge in [-0.1, -0.05) is 0 Å². The summed E-state index contributed by atoms with van der Waals surface area (Å²) in [6.07, 6.45) is -2.90. The van der Waals surface area contributed by atoms with Crippen molar-refractivity contribution in [3.8, 4) is 0 Å². The molecule has 10 atom stereocenters. The Kier molecular flexibility index (Phi) is 6.94. The number of rotatable bonds is 5. The first-order chi connectivity index (χ1) is 11.3. The van der Waals surface area contributed by atoms with Crippen LogP contribution in [0.25, 0.3) is 0 Å². The Bertz CT molecular complexity index is 402. The lowest BCUT2D eigenvalue weighted by molar-refractivity contribution is -0.262. The highest BCUT2D eigenvalue weighted by Gasteiger charge is 2.50. The molecule has 0 aromatic rings. The quantitative estimate of drug-likeness (QED) is 0.309. The predicted molar refractivity (Wildman–Crippen MR) is 88.0 cm³/mol. The van der Waals surface area contributed by atoms with Gasteiger partial charge in [0.15, 0.2) is 6.29 Å². The van der Waals surface area contributed by atoms with E-state index in [1.807, 2.05) is 6.92 Å². The molecule has 1 heterocycles. The fourth-order valence-electron chi connectivity index (χ4n) is 3.55. The predicted octanol–water partition coefficient (Wildman–Crippen LogP) is -2.78. The number of likely N-dealkylation sites (N-methyl/N-ethyl adjacent to an activating group) is 1. The van der Waals surface area contributed by atoms with Crippen LogP contribution in [0.5, 0.6) is 0 Å². The first kappa shape index (κ1) is 20.0. The van der Waals surface area contributed by atoms with Crippen LogP contribution in [0.2, 0.25) is 0 Å². The summed E-state index contributed by atoms with van der Waals surface area (Å²) in [6, 6.07) is -1.85. The highest BCUT2D eigenvalue weighted by molar-refractivity contribution is 5.05. The molecule has 1 saturated heterocycles. The summed E-state index contributed by atoms with van der Waals surface area (Å²) in [7, 11) is 3.14. The third kappa shape index (κ3) is 3.90. The molecule has 0 spiro atoms. The van der Waals surface area contributed by atoms with Gasteiger partial charge < -0.3 is 46.9 Å². The number of nitrogens with one attached hydrogen (secondary N) is 1. The summed E-state index contributed by atoms with van der Waals surface area (Å²) in [4.78, 5) is 0. The fraction of sp³-hybridized carbons (Fsp3) is 1.00. The lowest BCUT2D eigenvalue weighted by Gasteiger charge is -2.47. The number of hydrogen-bond acceptors (Lipinski definition) is 9. The fourth-order valence-corrected chi connectivity index (χ4v) is 3.55. The van der Waals surface area contributed by atoms with E-state index in [1.54, 1.807) is 7.05 Å². The summed E-state index contributed by atoms with van der Waals surface area (Å²) >= 11 is 0. The van der Waals surface area contributed by atoms with Gasteiger partial charge in [0.05, 0.1) is 36.4 Å². The van der Waals surface area contributed by atoms with Gasteiger partial charge in [-0.15, -0.1) is 0 Å². The Balaban J connectivity index is 2.11. The molecule has 2 fully saturated rings. The molecule has 24 heavy (non-hydrogen) atoms. The minimum absolute atomic E-state index is 0.151. The van der Waals surface area contributed by atoms with E-state index >= 15 is 0 Å². The monoisotopic (exact) mass is 348 g/mol. The van der Waals surface area contributed by atoms with E-state index in [0.29, 0.717) is 6.42 Å². The summed E-state index contributed by atoms with van der Waals surface area (Å²) in [5, 5.41) is 24.0. The highest BCUT2D eigenvalue weighted by Crippen LogP contribution is 2.28. The molecule has 2 rings (SSSR count). The van der Waals surface area contributed by atoms with Crippen LogP contribution in [0.1, 0.15) is 19.8 Å². The number of ether oxygens (including phenoxy) is 3. The molecule has 1 aliphatic carbocycles. The van der Waals surface area contributed by atoms with Gasteiger partial charge in [-0.2, -0.15) is 0 Å². The Hall–Kier alpha value is -0.360. The Morgan fingerprint density at radius 1 is 1.17 bits per heavy atom. The zero-order chi connectivity index (χ0) is 18.0. The summed E-state index contributed by atoms with van der Waals surface area (Å²) < 4.78 is 17.0. The molecule has 0 amide bonds. The second kappa shape index (κ2) is 8.35. The van der Waals surface area contributed by atoms with Gasteiger partial charge in [0, 0.05) is 13.2 Å². The van der Waals surface area contributed by atoms with Gasteiger partial charge in [0.25, 0.3) is 0 Å². The normalized spacial score (nSPS) is 48.2. The van der Waals surface area contributed by atoms with Crippen LogP contribution < -0.4 is 22.5 Å². The van der Waals surface area contributed by atoms with Gasteiger partial charge in [-0.25, -0.2) is 0 Å². The van der Waals surface area contributed by atoms with Crippen LogP contribution in [0.4, 0.5) is 0 Å². The maximum Gasteiger partial charge on any atom is 0.173 e. The SMILES string of the molecule is CN[C@H]1[C@@H](O)[C@H](O[C@@H]2O[C@@H]([C@H](C)N)CC[C@@H]2N)[C@@H](N)[C@H](O)[C@@H]1OC. The summed E-state index contributed by atoms with van der Waals surface area (Å²) in [5.41, 5.74) is 18.1. The molecule has 1 saturated carbocycles. The summed E-state index contributed by atoms with van der Waals surface area (Å²) in [6.45, 7) is 1.86. The lowest BCUT2D eigenvalue weighted by Crippen LogP contribution is -2.71. The average Bonchev–Trinajstić information content (AvgIpc) is 2.55. The third-order valence-electron chi connectivity index (χ3n) is 5.10. The standard InChI is InChI=1S/C15H32N4O5/c1-6(16)8-5-4-7(17)15(23-8)24-13-9(18)11(20)14(22-3)10(19-2)12(13)21/h6-15,19-21H,4-5,16-18H2,1-3H3/t6-,7-,8+,9-,10-,11-,12+,13+,14+,15-/m0/s1. The zero-order valence-corrected chi connectivity index (χ0v) is 14.5.